The maximum absolute atomic E-state index is 11.7. The van der Waals surface area contributed by atoms with Crippen LogP contribution in [0.1, 0.15) is 32.6 Å². The molecule has 6 nitrogen and oxygen atoms in total. The first-order chi connectivity index (χ1) is 8.63. The molecule has 0 bridgehead atoms. The lowest BCUT2D eigenvalue weighted by molar-refractivity contribution is -0.129. The molecule has 2 amide bonds. The molecule has 0 aromatic heterocycles. The third-order valence-corrected chi connectivity index (χ3v) is 3.20. The predicted octanol–water partition coefficient (Wildman–Crippen LogP) is -0.382. The SMILES string of the molecule is CNCCC1CCCCN1CC(=O)NNC(C)=O. The van der Waals surface area contributed by atoms with Crippen molar-refractivity contribution in [1.82, 2.24) is 21.1 Å². The number of nitrogens with zero attached hydrogens (tertiary/aromatic N) is 1. The lowest BCUT2D eigenvalue weighted by Gasteiger charge is -2.35. The van der Waals surface area contributed by atoms with Crippen molar-refractivity contribution in [2.75, 3.05) is 26.7 Å². The Morgan fingerprint density at radius 1 is 1.28 bits per heavy atom. The highest BCUT2D eigenvalue weighted by molar-refractivity contribution is 5.81. The molecule has 0 spiro atoms. The zero-order valence-electron chi connectivity index (χ0n) is 11.3. The van der Waals surface area contributed by atoms with E-state index in [1.807, 2.05) is 7.05 Å². The average Bonchev–Trinajstić information content (AvgIpc) is 2.35. The number of carbonyl (C=O) groups is 2. The molecule has 0 aromatic rings. The number of likely N-dealkylation sites (tertiary alicyclic amines) is 1. The van der Waals surface area contributed by atoms with Crippen molar-refractivity contribution in [1.29, 1.82) is 0 Å². The van der Waals surface area contributed by atoms with E-state index in [9.17, 15) is 9.59 Å². The number of hydrogen-bond acceptors (Lipinski definition) is 4. The van der Waals surface area contributed by atoms with Gasteiger partial charge < -0.3 is 5.32 Å². The summed E-state index contributed by atoms with van der Waals surface area (Å²) in [6, 6.07) is 0.467. The number of carbonyl (C=O) groups excluding carboxylic acids is 2. The summed E-state index contributed by atoms with van der Waals surface area (Å²) in [7, 11) is 1.94. The normalized spacial score (nSPS) is 20.4. The van der Waals surface area contributed by atoms with E-state index in [1.54, 1.807) is 0 Å². The number of rotatable bonds is 5. The van der Waals surface area contributed by atoms with Gasteiger partial charge in [0.15, 0.2) is 0 Å². The van der Waals surface area contributed by atoms with Crippen LogP contribution in [0.2, 0.25) is 0 Å². The summed E-state index contributed by atoms with van der Waals surface area (Å²) in [5.74, 6) is -0.407. The molecular formula is C12H24N4O2. The van der Waals surface area contributed by atoms with Gasteiger partial charge in [0.05, 0.1) is 6.54 Å². The van der Waals surface area contributed by atoms with Crippen LogP contribution in [0, 0.1) is 0 Å². The van der Waals surface area contributed by atoms with Crippen LogP contribution in [0.4, 0.5) is 0 Å². The second-order valence-electron chi connectivity index (χ2n) is 4.74. The molecule has 0 saturated carbocycles. The minimum Gasteiger partial charge on any atom is -0.320 e. The molecule has 6 heteroatoms. The molecule has 0 aromatic carbocycles. The summed E-state index contributed by atoms with van der Waals surface area (Å²) in [6.07, 6.45) is 4.58. The van der Waals surface area contributed by atoms with Crippen molar-refractivity contribution in [2.24, 2.45) is 0 Å². The minimum absolute atomic E-state index is 0.151. The van der Waals surface area contributed by atoms with Crippen LogP contribution in [0.25, 0.3) is 0 Å². The van der Waals surface area contributed by atoms with E-state index in [0.717, 1.165) is 32.4 Å². The Kier molecular flexibility index (Phi) is 6.67. The van der Waals surface area contributed by atoms with Crippen LogP contribution in [-0.2, 0) is 9.59 Å². The van der Waals surface area contributed by atoms with Gasteiger partial charge in [-0.1, -0.05) is 6.42 Å². The Balaban J connectivity index is 2.36. The summed E-state index contributed by atoms with van der Waals surface area (Å²) in [5.41, 5.74) is 4.73. The summed E-state index contributed by atoms with van der Waals surface area (Å²) >= 11 is 0. The molecule has 3 N–H and O–H groups in total. The first-order valence-electron chi connectivity index (χ1n) is 6.57. The van der Waals surface area contributed by atoms with Crippen LogP contribution in [-0.4, -0.2) is 49.4 Å². The molecule has 1 atom stereocenters. The quantitative estimate of drug-likeness (QED) is 0.586. The zero-order chi connectivity index (χ0) is 13.4. The summed E-state index contributed by atoms with van der Waals surface area (Å²) < 4.78 is 0. The van der Waals surface area contributed by atoms with Gasteiger partial charge in [0.1, 0.15) is 0 Å². The molecular weight excluding hydrogens is 232 g/mol. The van der Waals surface area contributed by atoms with Gasteiger partial charge in [-0.25, -0.2) is 0 Å². The fraction of sp³-hybridized carbons (Fsp3) is 0.833. The molecule has 1 unspecified atom stereocenters. The Labute approximate surface area is 108 Å². The Morgan fingerprint density at radius 2 is 2.06 bits per heavy atom. The minimum atomic E-state index is -0.256. The van der Waals surface area contributed by atoms with E-state index >= 15 is 0 Å². The van der Waals surface area contributed by atoms with Gasteiger partial charge in [-0.3, -0.25) is 25.3 Å². The maximum Gasteiger partial charge on any atom is 0.252 e. The number of amides is 2. The predicted molar refractivity (Wildman–Crippen MR) is 69.7 cm³/mol. The second kappa shape index (κ2) is 8.05. The van der Waals surface area contributed by atoms with E-state index in [0.29, 0.717) is 12.6 Å². The highest BCUT2D eigenvalue weighted by atomic mass is 16.2. The van der Waals surface area contributed by atoms with Crippen molar-refractivity contribution in [3.63, 3.8) is 0 Å². The van der Waals surface area contributed by atoms with Crippen molar-refractivity contribution >= 4 is 11.8 Å². The van der Waals surface area contributed by atoms with Crippen LogP contribution < -0.4 is 16.2 Å². The molecule has 1 aliphatic rings. The highest BCUT2D eigenvalue weighted by Gasteiger charge is 2.23. The van der Waals surface area contributed by atoms with Gasteiger partial charge in [0.2, 0.25) is 5.91 Å². The molecule has 1 fully saturated rings. The van der Waals surface area contributed by atoms with Crippen molar-refractivity contribution in [3.05, 3.63) is 0 Å². The number of piperidine rings is 1. The molecule has 0 radical (unpaired) electrons. The van der Waals surface area contributed by atoms with Gasteiger partial charge in [-0.15, -0.1) is 0 Å². The fourth-order valence-corrected chi connectivity index (χ4v) is 2.29. The number of hydrazine groups is 1. The molecule has 0 aliphatic carbocycles. The first kappa shape index (κ1) is 14.9. The van der Waals surface area contributed by atoms with Crippen molar-refractivity contribution in [2.45, 2.75) is 38.6 Å². The van der Waals surface area contributed by atoms with Gasteiger partial charge in [0.25, 0.3) is 5.91 Å². The average molecular weight is 256 g/mol. The topological polar surface area (TPSA) is 73.5 Å². The van der Waals surface area contributed by atoms with Crippen LogP contribution in [0.15, 0.2) is 0 Å². The van der Waals surface area contributed by atoms with Gasteiger partial charge >= 0.3 is 0 Å². The van der Waals surface area contributed by atoms with E-state index < -0.39 is 0 Å². The van der Waals surface area contributed by atoms with Crippen LogP contribution >= 0.6 is 0 Å². The molecule has 18 heavy (non-hydrogen) atoms. The third-order valence-electron chi connectivity index (χ3n) is 3.20. The third kappa shape index (κ3) is 5.46. The zero-order valence-corrected chi connectivity index (χ0v) is 11.3. The largest absolute Gasteiger partial charge is 0.320 e. The first-order valence-corrected chi connectivity index (χ1v) is 6.57. The summed E-state index contributed by atoms with van der Waals surface area (Å²) in [5, 5.41) is 3.14. The van der Waals surface area contributed by atoms with Crippen molar-refractivity contribution in [3.8, 4) is 0 Å². The second-order valence-corrected chi connectivity index (χ2v) is 4.74. The summed E-state index contributed by atoms with van der Waals surface area (Å²) in [4.78, 5) is 24.6. The smallest absolute Gasteiger partial charge is 0.252 e. The molecule has 1 aliphatic heterocycles. The number of hydrogen-bond donors (Lipinski definition) is 3. The molecule has 1 rings (SSSR count). The summed E-state index contributed by atoms with van der Waals surface area (Å²) in [6.45, 7) is 3.65. The van der Waals surface area contributed by atoms with Gasteiger partial charge in [0, 0.05) is 13.0 Å². The molecule has 1 heterocycles. The Bertz CT molecular complexity index is 283. The lowest BCUT2D eigenvalue weighted by atomic mass is 9.99. The molecule has 104 valence electrons. The van der Waals surface area contributed by atoms with Crippen molar-refractivity contribution < 1.29 is 9.59 Å². The van der Waals surface area contributed by atoms with Crippen LogP contribution in [0.5, 0.6) is 0 Å². The maximum atomic E-state index is 11.7. The number of nitrogens with one attached hydrogen (secondary N) is 3. The van der Waals surface area contributed by atoms with Gasteiger partial charge in [-0.2, -0.15) is 0 Å². The van der Waals surface area contributed by atoms with Crippen LogP contribution in [0.3, 0.4) is 0 Å². The van der Waals surface area contributed by atoms with Gasteiger partial charge in [-0.05, 0) is 39.4 Å². The standard InChI is InChI=1S/C12H24N4O2/c1-10(17)14-15-12(18)9-16-8-4-3-5-11(16)6-7-13-2/h11,13H,3-9H2,1-2H3,(H,14,17)(H,15,18). The Morgan fingerprint density at radius 3 is 2.72 bits per heavy atom. The van der Waals surface area contributed by atoms with E-state index in [1.165, 1.54) is 13.3 Å². The van der Waals surface area contributed by atoms with E-state index in [-0.39, 0.29) is 11.8 Å². The fourth-order valence-electron chi connectivity index (χ4n) is 2.29. The molecule has 1 saturated heterocycles. The lowest BCUT2D eigenvalue weighted by Crippen LogP contribution is -2.50. The van der Waals surface area contributed by atoms with E-state index in [2.05, 4.69) is 21.1 Å². The monoisotopic (exact) mass is 256 g/mol. The van der Waals surface area contributed by atoms with E-state index in [4.69, 9.17) is 0 Å². The highest BCUT2D eigenvalue weighted by Crippen LogP contribution is 2.18. The Hall–Kier alpha value is -1.14.